The normalized spacial score (nSPS) is 13.4. The van der Waals surface area contributed by atoms with Gasteiger partial charge in [0.15, 0.2) is 0 Å². The van der Waals surface area contributed by atoms with Gasteiger partial charge in [-0.15, -0.1) is 0 Å². The minimum atomic E-state index is -1.87. The van der Waals surface area contributed by atoms with Crippen molar-refractivity contribution < 1.29 is 0 Å². The summed E-state index contributed by atoms with van der Waals surface area (Å²) in [6.07, 6.45) is 0. The number of aromatic nitrogens is 2. The zero-order valence-corrected chi connectivity index (χ0v) is 57.9. The second-order valence-corrected chi connectivity index (χ2v) is 53.3. The van der Waals surface area contributed by atoms with Crippen molar-refractivity contribution in [3.05, 3.63) is 93.0 Å². The fourth-order valence-electron chi connectivity index (χ4n) is 9.75. The summed E-state index contributed by atoms with van der Waals surface area (Å²) in [7, 11) is -7.47. The van der Waals surface area contributed by atoms with Gasteiger partial charge in [-0.1, -0.05) is 0 Å². The Morgan fingerprint density at radius 1 is 0.289 bits per heavy atom. The third-order valence-electron chi connectivity index (χ3n) is 14.1. The van der Waals surface area contributed by atoms with Crippen LogP contribution in [-0.2, 0) is 21.7 Å². The van der Waals surface area contributed by atoms with Crippen LogP contribution in [0, 0.1) is 45.9 Å². The summed E-state index contributed by atoms with van der Waals surface area (Å²) < 4.78 is 5.34. The molecule has 9 rings (SSSR count). The first-order valence-corrected chi connectivity index (χ1v) is 44.9. The first-order chi connectivity index (χ1) is 34.7. The molecule has 2 N–H and O–H groups in total. The number of benzene rings is 4. The second-order valence-electron chi connectivity index (χ2n) is 30.1. The summed E-state index contributed by atoms with van der Waals surface area (Å²) in [6, 6.07) is 20.2. The Morgan fingerprint density at radius 3 is 0.618 bits per heavy atom. The van der Waals surface area contributed by atoms with E-state index in [1.807, 2.05) is 0 Å². The molecule has 0 unspecified atom stereocenters. The topological polar surface area (TPSA) is 31.6 Å². The molecular formula is C68H82N2Se2Si4. The van der Waals surface area contributed by atoms with Crippen LogP contribution in [0.5, 0.6) is 0 Å². The summed E-state index contributed by atoms with van der Waals surface area (Å²) in [5.74, 6) is 16.1. The van der Waals surface area contributed by atoms with E-state index in [4.69, 9.17) is 0 Å². The molecule has 0 atom stereocenters. The Labute approximate surface area is 471 Å². The van der Waals surface area contributed by atoms with Gasteiger partial charge in [0.05, 0.1) is 0 Å². The third kappa shape index (κ3) is 11.1. The van der Waals surface area contributed by atoms with Gasteiger partial charge < -0.3 is 0 Å². The van der Waals surface area contributed by atoms with Crippen LogP contribution in [0.25, 0.3) is 82.2 Å². The van der Waals surface area contributed by atoms with Crippen LogP contribution in [0.15, 0.2) is 48.5 Å². The van der Waals surface area contributed by atoms with E-state index in [0.29, 0.717) is 0 Å². The first-order valence-electron chi connectivity index (χ1n) is 27.4. The fraction of sp³-hybridized carbons (Fsp3) is 0.412. The summed E-state index contributed by atoms with van der Waals surface area (Å²) >= 11 is -0.340. The standard InChI is InChI=1S/C68H82N2Se2Si4/c1-65(2,3)41-33-49-50-34-42(66(4,5)6)38-54-58(50)69-57(49)53(37-41)61-45(25-29-73(13,14)15)46(26-30-74(16,17)18)62(71-61)55-39-43(67(7,8)9)35-51-52-36-44(68(10,11)12)40-56(60(52)70-59(51)55)64-48(28-32-76(22,23)24)47(63(54)72-64)27-31-75(19,20)21/h33-40,69-70H,1-24H3. The van der Waals surface area contributed by atoms with Gasteiger partial charge in [0.1, 0.15) is 0 Å². The van der Waals surface area contributed by atoms with Crippen molar-refractivity contribution in [2.75, 3.05) is 0 Å². The molecule has 0 radical (unpaired) electrons. The number of hydrogen-bond acceptors (Lipinski definition) is 0. The Hall–Kier alpha value is -4.41. The average Bonchev–Trinajstić information content (AvgIpc) is 4.02. The molecule has 8 heteroatoms. The van der Waals surface area contributed by atoms with Crippen molar-refractivity contribution in [1.82, 2.24) is 9.97 Å². The molecule has 0 amide bonds. The SMILES string of the molecule is CC(C)(C)c1cc2c3[se]c(c(C#C[Si](C)(C)C)c3C#C[Si](C)(C)C)c3cc(C(C)(C)C)cc4c5cc(C(C)(C)C)cc(c6[se]c(c(C#C[Si](C)(C)C)c6C#C[Si](C)(C)C)c6cc(C(C)(C)C)cc7c(c1)c2[nH]c67)c5[nH]c34. The molecule has 0 fully saturated rings. The van der Waals surface area contributed by atoms with E-state index in [1.54, 1.807) is 0 Å². The maximum atomic E-state index is 4.32. The van der Waals surface area contributed by atoms with Crippen molar-refractivity contribution in [3.8, 4) is 45.9 Å². The van der Waals surface area contributed by atoms with E-state index < -0.39 is 32.3 Å². The summed E-state index contributed by atoms with van der Waals surface area (Å²) in [5, 5.41) is 10.1. The number of aromatic amines is 2. The maximum absolute atomic E-state index is 4.32. The number of rotatable bonds is 0. The van der Waals surface area contributed by atoms with Crippen LogP contribution >= 0.6 is 0 Å². The van der Waals surface area contributed by atoms with Gasteiger partial charge in [-0.05, 0) is 0 Å². The molecular weight excluding hydrogens is 1120 g/mol. The van der Waals surface area contributed by atoms with E-state index in [9.17, 15) is 0 Å². The van der Waals surface area contributed by atoms with E-state index in [0.717, 1.165) is 22.3 Å². The Balaban J connectivity index is 1.79. The predicted molar refractivity (Wildman–Crippen MR) is 354 cm³/mol. The molecule has 0 aliphatic rings. The Bertz CT molecular complexity index is 3710. The molecule has 392 valence electrons. The molecule has 0 aliphatic heterocycles. The van der Waals surface area contributed by atoms with Gasteiger partial charge in [0, 0.05) is 0 Å². The van der Waals surface area contributed by atoms with Crippen LogP contribution in [0.4, 0.5) is 0 Å². The third-order valence-corrected chi connectivity index (χ3v) is 22.9. The Morgan fingerprint density at radius 2 is 0.461 bits per heavy atom. The van der Waals surface area contributed by atoms with Crippen LogP contribution in [-0.4, -0.2) is 71.3 Å². The van der Waals surface area contributed by atoms with Crippen LogP contribution in [0.2, 0.25) is 78.6 Å². The summed E-state index contributed by atoms with van der Waals surface area (Å²) in [5.41, 5.74) is 29.8. The van der Waals surface area contributed by atoms with Gasteiger partial charge in [0.25, 0.3) is 0 Å². The van der Waals surface area contributed by atoms with E-state index in [1.165, 1.54) is 104 Å². The zero-order chi connectivity index (χ0) is 56.0. The van der Waals surface area contributed by atoms with Gasteiger partial charge in [-0.2, -0.15) is 0 Å². The predicted octanol–water partition coefficient (Wildman–Crippen LogP) is 18.4. The van der Waals surface area contributed by atoms with Gasteiger partial charge in [-0.3, -0.25) is 0 Å². The summed E-state index contributed by atoms with van der Waals surface area (Å²) in [4.78, 5) is 8.63. The molecule has 5 aromatic heterocycles. The monoisotopic (exact) mass is 1200 g/mol. The molecule has 0 spiro atoms. The Kier molecular flexibility index (Phi) is 13.8. The molecule has 0 aliphatic carbocycles. The number of nitrogens with one attached hydrogen (secondary N) is 2. The van der Waals surface area contributed by atoms with Crippen molar-refractivity contribution in [1.29, 1.82) is 0 Å². The minimum absolute atomic E-state index is 0.123. The number of H-pyrrole nitrogens is 2. The van der Waals surface area contributed by atoms with Crippen LogP contribution in [0.1, 0.15) is 128 Å². The summed E-state index contributed by atoms with van der Waals surface area (Å²) in [6.45, 7) is 57.0. The molecule has 8 bridgehead atoms. The molecule has 4 aromatic carbocycles. The number of fused-ring (bicyclic) bond motifs is 10. The van der Waals surface area contributed by atoms with E-state index in [-0.39, 0.29) is 50.7 Å². The van der Waals surface area contributed by atoms with Crippen molar-refractivity contribution in [2.45, 2.75) is 183 Å². The molecule has 9 aromatic rings. The molecule has 0 saturated heterocycles. The molecule has 2 nitrogen and oxygen atoms in total. The average molecular weight is 1200 g/mol. The van der Waals surface area contributed by atoms with Crippen molar-refractivity contribution in [3.63, 3.8) is 0 Å². The zero-order valence-electron chi connectivity index (χ0n) is 50.4. The van der Waals surface area contributed by atoms with E-state index >= 15 is 0 Å². The van der Waals surface area contributed by atoms with Gasteiger partial charge >= 0.3 is 476 Å². The first kappa shape index (κ1) is 56.3. The molecule has 0 saturated carbocycles. The quantitative estimate of drug-likeness (QED) is 0.112. The van der Waals surface area contributed by atoms with Crippen molar-refractivity contribution in [2.24, 2.45) is 0 Å². The number of hydrogen-bond donors (Lipinski definition) is 2. The van der Waals surface area contributed by atoms with Gasteiger partial charge in [-0.25, -0.2) is 0 Å². The van der Waals surface area contributed by atoms with Gasteiger partial charge in [0.2, 0.25) is 0 Å². The fourth-order valence-corrected chi connectivity index (χ4v) is 17.0. The molecule has 76 heavy (non-hydrogen) atoms. The van der Waals surface area contributed by atoms with Crippen LogP contribution < -0.4 is 0 Å². The van der Waals surface area contributed by atoms with Crippen LogP contribution in [0.3, 0.4) is 0 Å². The second kappa shape index (κ2) is 18.6. The van der Waals surface area contributed by atoms with E-state index in [2.05, 4.69) is 266 Å². The molecule has 5 heterocycles. The van der Waals surface area contributed by atoms with Crippen molar-refractivity contribution >= 4 is 143 Å².